The minimum atomic E-state index is -2.88. The van der Waals surface area contributed by atoms with Gasteiger partial charge in [0.2, 0.25) is 0 Å². The quantitative estimate of drug-likeness (QED) is 0.202. The highest BCUT2D eigenvalue weighted by Crippen LogP contribution is 2.35. The van der Waals surface area contributed by atoms with Crippen LogP contribution in [0.5, 0.6) is 0 Å². The van der Waals surface area contributed by atoms with Crippen LogP contribution in [0.25, 0.3) is 10.9 Å². The lowest BCUT2D eigenvalue weighted by Crippen LogP contribution is -2.43. The molecule has 1 aliphatic rings. The van der Waals surface area contributed by atoms with Crippen molar-refractivity contribution in [2.45, 2.75) is 70.8 Å². The number of carbonyl (C=O) groups excluding carboxylic acids is 2. The van der Waals surface area contributed by atoms with E-state index in [9.17, 15) is 27.2 Å². The van der Waals surface area contributed by atoms with Crippen molar-refractivity contribution < 1.29 is 31.9 Å². The molecular weight excluding hydrogens is 618 g/mol. The Balaban J connectivity index is 1.66. The summed E-state index contributed by atoms with van der Waals surface area (Å²) in [4.78, 5) is 32.3. The Labute approximate surface area is 250 Å². The monoisotopic (exact) mass is 651 g/mol. The number of anilines is 1. The predicted molar refractivity (Wildman–Crippen MR) is 157 cm³/mol. The first-order chi connectivity index (χ1) is 19.6. The Hall–Kier alpha value is -3.21. The number of hydrogen-bond acceptors (Lipinski definition) is 5. The number of aromatic nitrogens is 1. The van der Waals surface area contributed by atoms with Gasteiger partial charge in [0.05, 0.1) is 17.6 Å². The van der Waals surface area contributed by atoms with Gasteiger partial charge in [0.15, 0.2) is 0 Å². The van der Waals surface area contributed by atoms with E-state index in [1.807, 2.05) is 0 Å². The van der Waals surface area contributed by atoms with Crippen LogP contribution < -0.4 is 10.2 Å². The van der Waals surface area contributed by atoms with E-state index in [0.717, 1.165) is 18.2 Å². The molecule has 1 unspecified atom stereocenters. The van der Waals surface area contributed by atoms with E-state index in [4.69, 9.17) is 4.74 Å². The van der Waals surface area contributed by atoms with Crippen molar-refractivity contribution in [3.8, 4) is 0 Å². The number of alkyl halides is 2. The molecule has 1 amide bonds. The average Bonchev–Trinajstić information content (AvgIpc) is 2.88. The van der Waals surface area contributed by atoms with Crippen LogP contribution in [-0.4, -0.2) is 48.0 Å². The van der Waals surface area contributed by atoms with Crippen LogP contribution in [0.4, 0.5) is 23.4 Å². The largest absolute Gasteiger partial charge is 0.460 e. The lowest BCUT2D eigenvalue weighted by atomic mass is 9.93. The molecule has 0 bridgehead atoms. The minimum absolute atomic E-state index is 0.0224. The van der Waals surface area contributed by atoms with Crippen molar-refractivity contribution in [3.63, 3.8) is 0 Å². The molecule has 11 heteroatoms. The van der Waals surface area contributed by atoms with Gasteiger partial charge in [-0.2, -0.15) is 0 Å². The number of amides is 1. The number of piperidine rings is 1. The molecule has 2 aromatic carbocycles. The second kappa shape index (κ2) is 12.6. The van der Waals surface area contributed by atoms with Crippen LogP contribution in [0.2, 0.25) is 0 Å². The summed E-state index contributed by atoms with van der Waals surface area (Å²) in [6.07, 6.45) is 0.0842. The lowest BCUT2D eigenvalue weighted by molar-refractivity contribution is -0.155. The SMILES string of the molecule is Cc1c(N2CCCC(F)(F)C2)nc2ccc(Br)cc2c1C(=O)NCC(CCC(=O)OC(C)(C)C)c1cc(F)ccc1F. The van der Waals surface area contributed by atoms with E-state index in [1.54, 1.807) is 45.9 Å². The zero-order valence-corrected chi connectivity index (χ0v) is 25.6. The van der Waals surface area contributed by atoms with Crippen molar-refractivity contribution >= 4 is 44.5 Å². The molecule has 4 rings (SSSR count). The Morgan fingerprint density at radius 3 is 2.60 bits per heavy atom. The highest BCUT2D eigenvalue weighted by Gasteiger charge is 2.37. The van der Waals surface area contributed by atoms with Crippen molar-refractivity contribution in [2.75, 3.05) is 24.5 Å². The van der Waals surface area contributed by atoms with Gasteiger partial charge < -0.3 is 15.0 Å². The Morgan fingerprint density at radius 2 is 1.90 bits per heavy atom. The van der Waals surface area contributed by atoms with E-state index in [2.05, 4.69) is 26.2 Å². The molecule has 1 aliphatic heterocycles. The van der Waals surface area contributed by atoms with Gasteiger partial charge in [-0.25, -0.2) is 22.5 Å². The smallest absolute Gasteiger partial charge is 0.306 e. The van der Waals surface area contributed by atoms with Crippen LogP contribution >= 0.6 is 15.9 Å². The summed E-state index contributed by atoms with van der Waals surface area (Å²) >= 11 is 3.42. The maximum Gasteiger partial charge on any atom is 0.306 e. The van der Waals surface area contributed by atoms with Crippen LogP contribution in [0.15, 0.2) is 40.9 Å². The summed E-state index contributed by atoms with van der Waals surface area (Å²) in [5, 5.41) is 3.33. The number of ether oxygens (including phenoxy) is 1. The number of esters is 1. The minimum Gasteiger partial charge on any atom is -0.460 e. The molecule has 3 aromatic rings. The third kappa shape index (κ3) is 7.79. The van der Waals surface area contributed by atoms with E-state index in [-0.39, 0.29) is 43.4 Å². The molecule has 1 atom stereocenters. The van der Waals surface area contributed by atoms with Gasteiger partial charge in [0.25, 0.3) is 11.8 Å². The van der Waals surface area contributed by atoms with Crippen molar-refractivity contribution in [3.05, 3.63) is 69.2 Å². The standard InChI is InChI=1S/C31H34BrF4N3O3/c1-18-27(23-14-20(32)7-10-25(23)38-28(18)39-13-5-12-31(35,36)17-39)29(41)37-16-19(6-11-26(40)42-30(2,3)4)22-15-21(33)8-9-24(22)34/h7-10,14-15,19H,5-6,11-13,16-17H2,1-4H3,(H,37,41). The van der Waals surface area contributed by atoms with Crippen LogP contribution in [-0.2, 0) is 9.53 Å². The molecule has 0 spiro atoms. The lowest BCUT2D eigenvalue weighted by Gasteiger charge is -2.34. The maximum absolute atomic E-state index is 14.8. The summed E-state index contributed by atoms with van der Waals surface area (Å²) in [6.45, 7) is 6.61. The Kier molecular flexibility index (Phi) is 9.49. The van der Waals surface area contributed by atoms with Crippen LogP contribution in [0.3, 0.4) is 0 Å². The highest BCUT2D eigenvalue weighted by molar-refractivity contribution is 9.10. The van der Waals surface area contributed by atoms with Gasteiger partial charge in [-0.3, -0.25) is 9.59 Å². The van der Waals surface area contributed by atoms with E-state index in [1.165, 1.54) is 4.90 Å². The molecule has 1 aromatic heterocycles. The molecule has 0 saturated carbocycles. The fourth-order valence-electron chi connectivity index (χ4n) is 5.25. The first-order valence-electron chi connectivity index (χ1n) is 13.8. The summed E-state index contributed by atoms with van der Waals surface area (Å²) < 4.78 is 63.6. The summed E-state index contributed by atoms with van der Waals surface area (Å²) in [5.41, 5.74) is 0.438. The van der Waals surface area contributed by atoms with Gasteiger partial charge in [-0.05, 0) is 82.5 Å². The average molecular weight is 653 g/mol. The number of nitrogens with zero attached hydrogens (tertiary/aromatic N) is 2. The molecule has 1 N–H and O–H groups in total. The molecule has 0 aliphatic carbocycles. The van der Waals surface area contributed by atoms with Gasteiger partial charge in [0.1, 0.15) is 23.1 Å². The normalized spacial score (nSPS) is 15.9. The summed E-state index contributed by atoms with van der Waals surface area (Å²) in [6, 6.07) is 8.24. The number of pyridine rings is 1. The first kappa shape index (κ1) is 31.7. The van der Waals surface area contributed by atoms with Gasteiger partial charge >= 0.3 is 5.97 Å². The topological polar surface area (TPSA) is 71.5 Å². The zero-order valence-electron chi connectivity index (χ0n) is 24.0. The molecular formula is C31H34BrF4N3O3. The summed E-state index contributed by atoms with van der Waals surface area (Å²) in [5.74, 6) is -5.67. The second-order valence-electron chi connectivity index (χ2n) is 11.7. The number of hydrogen-bond donors (Lipinski definition) is 1. The highest BCUT2D eigenvalue weighted by atomic mass is 79.9. The number of benzene rings is 2. The molecule has 0 radical (unpaired) electrons. The van der Waals surface area contributed by atoms with Gasteiger partial charge in [-0.15, -0.1) is 0 Å². The molecule has 2 heterocycles. The third-order valence-corrected chi connectivity index (χ3v) is 7.60. The van der Waals surface area contributed by atoms with E-state index in [0.29, 0.717) is 33.3 Å². The molecule has 1 saturated heterocycles. The number of rotatable bonds is 8. The van der Waals surface area contributed by atoms with Gasteiger partial charge in [-0.1, -0.05) is 15.9 Å². The number of halogens is 5. The van der Waals surface area contributed by atoms with Crippen LogP contribution in [0.1, 0.15) is 73.9 Å². The fraction of sp³-hybridized carbons (Fsp3) is 0.452. The Bertz CT molecular complexity index is 1490. The van der Waals surface area contributed by atoms with Crippen molar-refractivity contribution in [1.82, 2.24) is 10.3 Å². The van der Waals surface area contributed by atoms with Crippen LogP contribution in [0, 0.1) is 18.6 Å². The Morgan fingerprint density at radius 1 is 1.17 bits per heavy atom. The maximum atomic E-state index is 14.8. The zero-order chi connectivity index (χ0) is 30.8. The summed E-state index contributed by atoms with van der Waals surface area (Å²) in [7, 11) is 0. The van der Waals surface area contributed by atoms with E-state index < -0.39 is 47.5 Å². The first-order valence-corrected chi connectivity index (χ1v) is 14.6. The molecule has 42 heavy (non-hydrogen) atoms. The van der Waals surface area contributed by atoms with Crippen molar-refractivity contribution in [2.24, 2.45) is 0 Å². The molecule has 6 nitrogen and oxygen atoms in total. The predicted octanol–water partition coefficient (Wildman–Crippen LogP) is 7.45. The fourth-order valence-corrected chi connectivity index (χ4v) is 5.61. The number of fused-ring (bicyclic) bond motifs is 1. The van der Waals surface area contributed by atoms with Gasteiger partial charge in [0, 0.05) is 47.3 Å². The second-order valence-corrected chi connectivity index (χ2v) is 12.6. The third-order valence-electron chi connectivity index (χ3n) is 7.11. The van der Waals surface area contributed by atoms with Crippen molar-refractivity contribution in [1.29, 1.82) is 0 Å². The molecule has 1 fully saturated rings. The number of nitrogens with one attached hydrogen (secondary N) is 1. The van der Waals surface area contributed by atoms with E-state index >= 15 is 0 Å². The molecule has 226 valence electrons. The number of carbonyl (C=O) groups is 2.